The molecule has 9 heteroatoms. The second-order valence-electron chi connectivity index (χ2n) is 6.45. The summed E-state index contributed by atoms with van der Waals surface area (Å²) >= 11 is 13.7. The average molecular weight is 448 g/mol. The molecule has 4 rings (SSSR count). The van der Waals surface area contributed by atoms with Crippen LogP contribution in [-0.4, -0.2) is 22.3 Å². The Kier molecular flexibility index (Phi) is 5.29. The van der Waals surface area contributed by atoms with Gasteiger partial charge in [0, 0.05) is 30.0 Å². The zero-order chi connectivity index (χ0) is 20.7. The molecule has 1 aliphatic rings. The third-order valence-corrected chi connectivity index (χ3v) is 6.16. The van der Waals surface area contributed by atoms with Crippen molar-refractivity contribution in [1.29, 1.82) is 0 Å². The highest BCUT2D eigenvalue weighted by atomic mass is 35.5. The Hall–Kier alpha value is -2.48. The molecule has 0 aliphatic carbocycles. The van der Waals surface area contributed by atoms with E-state index in [-0.39, 0.29) is 24.7 Å². The molecule has 0 radical (unpaired) electrons. The number of benzene rings is 2. The van der Waals surface area contributed by atoms with Crippen molar-refractivity contribution >= 4 is 68.2 Å². The van der Waals surface area contributed by atoms with Crippen molar-refractivity contribution in [2.24, 2.45) is 4.99 Å². The van der Waals surface area contributed by atoms with E-state index < -0.39 is 5.91 Å². The molecule has 3 amide bonds. The highest BCUT2D eigenvalue weighted by molar-refractivity contribution is 7.16. The lowest BCUT2D eigenvalue weighted by Gasteiger charge is -2.13. The third-order valence-electron chi connectivity index (χ3n) is 4.63. The molecule has 0 spiro atoms. The number of aromatic nitrogens is 1. The van der Waals surface area contributed by atoms with E-state index in [1.165, 1.54) is 11.3 Å². The van der Waals surface area contributed by atoms with Gasteiger partial charge in [0.2, 0.25) is 11.8 Å². The van der Waals surface area contributed by atoms with E-state index >= 15 is 0 Å². The van der Waals surface area contributed by atoms with Crippen molar-refractivity contribution in [3.05, 3.63) is 56.8 Å². The molecule has 0 atom stereocenters. The molecule has 3 aromatic rings. The van der Waals surface area contributed by atoms with Crippen LogP contribution in [-0.2, 0) is 16.1 Å². The summed E-state index contributed by atoms with van der Waals surface area (Å²) < 4.78 is 2.71. The number of hydrogen-bond acceptors (Lipinski definition) is 4. The Bertz CT molecular complexity index is 1210. The Morgan fingerprint density at radius 1 is 1.10 bits per heavy atom. The standard InChI is InChI=1S/C20H15Cl2N3O3S/c1-2-24-18-14(22)9-12(21)10-15(18)29-20(24)23-19(28)11-3-5-13(6-4-11)25-16(26)7-8-17(25)27/h3-6,9-10H,2,7-8H2,1H3. The molecule has 2 heterocycles. The SMILES string of the molecule is CCn1c(=NC(=O)c2ccc(N3C(=O)CCC3=O)cc2)sc2cc(Cl)cc(Cl)c21. The molecule has 148 valence electrons. The fourth-order valence-corrected chi connectivity index (χ4v) is 5.15. The average Bonchev–Trinajstić information content (AvgIpc) is 3.20. The van der Waals surface area contributed by atoms with Crippen LogP contribution in [0.5, 0.6) is 0 Å². The van der Waals surface area contributed by atoms with Crippen molar-refractivity contribution in [2.75, 3.05) is 4.90 Å². The van der Waals surface area contributed by atoms with Crippen molar-refractivity contribution in [1.82, 2.24) is 4.57 Å². The second kappa shape index (κ2) is 7.74. The minimum absolute atomic E-state index is 0.213. The normalized spacial score (nSPS) is 15.0. The molecule has 29 heavy (non-hydrogen) atoms. The Morgan fingerprint density at radius 2 is 1.76 bits per heavy atom. The van der Waals surface area contributed by atoms with Gasteiger partial charge in [-0.25, -0.2) is 0 Å². The lowest BCUT2D eigenvalue weighted by Crippen LogP contribution is -2.28. The predicted molar refractivity (Wildman–Crippen MR) is 114 cm³/mol. The van der Waals surface area contributed by atoms with Gasteiger partial charge in [0.1, 0.15) is 0 Å². The number of anilines is 1. The molecule has 0 saturated carbocycles. The molecular weight excluding hydrogens is 433 g/mol. The number of carbonyl (C=O) groups is 3. The van der Waals surface area contributed by atoms with Gasteiger partial charge in [0.15, 0.2) is 4.80 Å². The number of imide groups is 1. The second-order valence-corrected chi connectivity index (χ2v) is 8.30. The number of thiazole rings is 1. The van der Waals surface area contributed by atoms with Crippen LogP contribution in [0.1, 0.15) is 30.1 Å². The van der Waals surface area contributed by atoms with E-state index in [2.05, 4.69) is 4.99 Å². The molecule has 1 fully saturated rings. The van der Waals surface area contributed by atoms with Gasteiger partial charge in [0.05, 0.1) is 20.9 Å². The fraction of sp³-hybridized carbons (Fsp3) is 0.200. The van der Waals surface area contributed by atoms with Crippen molar-refractivity contribution in [2.45, 2.75) is 26.3 Å². The van der Waals surface area contributed by atoms with Gasteiger partial charge in [-0.05, 0) is 43.3 Å². The number of fused-ring (bicyclic) bond motifs is 1. The summed E-state index contributed by atoms with van der Waals surface area (Å²) in [7, 11) is 0. The van der Waals surface area contributed by atoms with Gasteiger partial charge in [-0.2, -0.15) is 4.99 Å². The van der Waals surface area contributed by atoms with Gasteiger partial charge < -0.3 is 4.57 Å². The summed E-state index contributed by atoms with van der Waals surface area (Å²) in [5, 5.41) is 1.02. The van der Waals surface area contributed by atoms with Crippen molar-refractivity contribution in [3.63, 3.8) is 0 Å². The number of hydrogen-bond donors (Lipinski definition) is 0. The van der Waals surface area contributed by atoms with Gasteiger partial charge in [-0.15, -0.1) is 0 Å². The first-order valence-corrected chi connectivity index (χ1v) is 10.5. The highest BCUT2D eigenvalue weighted by Gasteiger charge is 2.30. The predicted octanol–water partition coefficient (Wildman–Crippen LogP) is 4.42. The van der Waals surface area contributed by atoms with Crippen LogP contribution < -0.4 is 9.70 Å². The van der Waals surface area contributed by atoms with Crippen molar-refractivity contribution in [3.8, 4) is 0 Å². The monoisotopic (exact) mass is 447 g/mol. The van der Waals surface area contributed by atoms with Crippen LogP contribution >= 0.6 is 34.5 Å². The van der Waals surface area contributed by atoms with E-state index in [4.69, 9.17) is 23.2 Å². The first kappa shape index (κ1) is 19.8. The maximum atomic E-state index is 12.7. The summed E-state index contributed by atoms with van der Waals surface area (Å²) in [6, 6.07) is 9.75. The number of rotatable bonds is 3. The number of nitrogens with zero attached hydrogens (tertiary/aromatic N) is 3. The summed E-state index contributed by atoms with van der Waals surface area (Å²) in [4.78, 5) is 42.3. The van der Waals surface area contributed by atoms with Gasteiger partial charge in [-0.1, -0.05) is 34.5 Å². The smallest absolute Gasteiger partial charge is 0.279 e. The Morgan fingerprint density at radius 3 is 2.38 bits per heavy atom. The number of amides is 3. The lowest BCUT2D eigenvalue weighted by molar-refractivity contribution is -0.121. The van der Waals surface area contributed by atoms with E-state index in [1.807, 2.05) is 11.5 Å². The topological polar surface area (TPSA) is 71.7 Å². The fourth-order valence-electron chi connectivity index (χ4n) is 3.28. The molecular formula is C20H15Cl2N3O3S. The molecule has 1 aliphatic heterocycles. The van der Waals surface area contributed by atoms with E-state index in [1.54, 1.807) is 36.4 Å². The maximum absolute atomic E-state index is 12.7. The summed E-state index contributed by atoms with van der Waals surface area (Å²) in [5.41, 5.74) is 1.61. The molecule has 1 saturated heterocycles. The summed E-state index contributed by atoms with van der Waals surface area (Å²) in [5.74, 6) is -0.890. The molecule has 0 N–H and O–H groups in total. The maximum Gasteiger partial charge on any atom is 0.279 e. The minimum Gasteiger partial charge on any atom is -0.315 e. The lowest BCUT2D eigenvalue weighted by atomic mass is 10.2. The van der Waals surface area contributed by atoms with Crippen molar-refractivity contribution < 1.29 is 14.4 Å². The van der Waals surface area contributed by atoms with Crippen LogP contribution in [0.2, 0.25) is 10.0 Å². The van der Waals surface area contributed by atoms with Gasteiger partial charge in [-0.3, -0.25) is 19.3 Å². The van der Waals surface area contributed by atoms with Crippen LogP contribution in [0.4, 0.5) is 5.69 Å². The van der Waals surface area contributed by atoms with Crippen LogP contribution in [0, 0.1) is 0 Å². The number of halogens is 2. The zero-order valence-corrected chi connectivity index (χ0v) is 17.6. The molecule has 6 nitrogen and oxygen atoms in total. The first-order valence-electron chi connectivity index (χ1n) is 8.92. The van der Waals surface area contributed by atoms with Crippen LogP contribution in [0.15, 0.2) is 41.4 Å². The Balaban J connectivity index is 1.70. The van der Waals surface area contributed by atoms with Crippen LogP contribution in [0.3, 0.4) is 0 Å². The zero-order valence-electron chi connectivity index (χ0n) is 15.3. The summed E-state index contributed by atoms with van der Waals surface area (Å²) in [6.07, 6.45) is 0.425. The minimum atomic E-state index is -0.424. The number of aryl methyl sites for hydroxylation is 1. The molecule has 0 bridgehead atoms. The molecule has 0 unspecified atom stereocenters. The molecule has 2 aromatic carbocycles. The van der Waals surface area contributed by atoms with E-state index in [0.717, 1.165) is 15.1 Å². The van der Waals surface area contributed by atoms with E-state index in [0.29, 0.717) is 32.6 Å². The highest BCUT2D eigenvalue weighted by Crippen LogP contribution is 2.29. The van der Waals surface area contributed by atoms with E-state index in [9.17, 15) is 14.4 Å². The third kappa shape index (κ3) is 3.61. The summed E-state index contributed by atoms with van der Waals surface area (Å²) in [6.45, 7) is 2.53. The number of carbonyl (C=O) groups excluding carboxylic acids is 3. The van der Waals surface area contributed by atoms with Gasteiger partial charge in [0.25, 0.3) is 5.91 Å². The first-order chi connectivity index (χ1) is 13.9. The van der Waals surface area contributed by atoms with Gasteiger partial charge >= 0.3 is 0 Å². The van der Waals surface area contributed by atoms with Crippen LogP contribution in [0.25, 0.3) is 10.2 Å². The largest absolute Gasteiger partial charge is 0.315 e. The Labute approximate surface area is 180 Å². The molecule has 1 aromatic heterocycles. The quantitative estimate of drug-likeness (QED) is 0.557.